The number of carbonyl (C=O) groups excluding carboxylic acids is 2. The van der Waals surface area contributed by atoms with Crippen LogP contribution in [0.4, 0.5) is 0 Å². The number of esters is 2. The summed E-state index contributed by atoms with van der Waals surface area (Å²) in [7, 11) is 2.47. The Labute approximate surface area is 166 Å². The van der Waals surface area contributed by atoms with Crippen LogP contribution in [-0.4, -0.2) is 31.8 Å². The molecule has 0 saturated heterocycles. The maximum atomic E-state index is 12.6. The molecule has 0 saturated carbocycles. The summed E-state index contributed by atoms with van der Waals surface area (Å²) in [4.78, 5) is 25.1. The minimum atomic E-state index is -0.991. The molecule has 0 unspecified atom stereocenters. The molecule has 2 aromatic rings. The fourth-order valence-electron chi connectivity index (χ4n) is 2.46. The van der Waals surface area contributed by atoms with Crippen LogP contribution in [0.25, 0.3) is 11.1 Å². The van der Waals surface area contributed by atoms with Crippen molar-refractivity contribution in [2.75, 3.05) is 14.2 Å². The largest absolute Gasteiger partial charge is 0.474 e. The van der Waals surface area contributed by atoms with Gasteiger partial charge in [0.2, 0.25) is 0 Å². The average molecular weight is 431 g/mol. The Balaban J connectivity index is 2.80. The second-order valence-electron chi connectivity index (χ2n) is 6.11. The van der Waals surface area contributed by atoms with Crippen molar-refractivity contribution in [1.29, 1.82) is 0 Å². The van der Waals surface area contributed by atoms with Gasteiger partial charge in [-0.3, -0.25) is 0 Å². The summed E-state index contributed by atoms with van der Waals surface area (Å²) in [5, 5.41) is 0. The van der Waals surface area contributed by atoms with Crippen molar-refractivity contribution in [1.82, 2.24) is 0 Å². The number of hydrogen-bond donors (Lipinski definition) is 0. The van der Waals surface area contributed by atoms with Crippen LogP contribution in [-0.2, 0) is 9.47 Å². The molecule has 0 atom stereocenters. The lowest BCUT2D eigenvalue weighted by molar-refractivity contribution is 0.0547. The number of rotatable bonds is 5. The van der Waals surface area contributed by atoms with Crippen molar-refractivity contribution in [2.45, 2.75) is 19.4 Å². The Bertz CT molecular complexity index is 907. The van der Waals surface area contributed by atoms with Crippen LogP contribution in [0.1, 0.15) is 34.6 Å². The smallest absolute Gasteiger partial charge is 0.342 e. The van der Waals surface area contributed by atoms with Crippen LogP contribution in [0.15, 0.2) is 40.9 Å². The first-order valence-corrected chi connectivity index (χ1v) is 8.79. The molecule has 0 N–H and O–H groups in total. The van der Waals surface area contributed by atoms with Crippen molar-refractivity contribution in [3.63, 3.8) is 0 Å². The predicted molar refractivity (Wildman–Crippen MR) is 106 cm³/mol. The van der Waals surface area contributed by atoms with Gasteiger partial charge in [-0.15, -0.1) is 6.42 Å². The van der Waals surface area contributed by atoms with Crippen LogP contribution in [0, 0.1) is 12.3 Å². The fourth-order valence-corrected chi connectivity index (χ4v) is 2.73. The zero-order chi connectivity index (χ0) is 20.2. The van der Waals surface area contributed by atoms with Gasteiger partial charge in [-0.25, -0.2) is 9.59 Å². The van der Waals surface area contributed by atoms with E-state index in [1.165, 1.54) is 14.2 Å². The maximum absolute atomic E-state index is 12.6. The molecule has 0 aliphatic carbocycles. The summed E-state index contributed by atoms with van der Waals surface area (Å²) in [6.45, 7) is 3.35. The first kappa shape index (κ1) is 20.5. The molecule has 5 nitrogen and oxygen atoms in total. The van der Waals surface area contributed by atoms with Gasteiger partial charge in [-0.05, 0) is 49.2 Å². The lowest BCUT2D eigenvalue weighted by Gasteiger charge is -2.23. The molecule has 0 radical (unpaired) electrons. The van der Waals surface area contributed by atoms with Crippen molar-refractivity contribution in [3.05, 3.63) is 52.0 Å². The van der Waals surface area contributed by atoms with Crippen molar-refractivity contribution < 1.29 is 23.8 Å². The highest BCUT2D eigenvalue weighted by Crippen LogP contribution is 2.35. The Kier molecular flexibility index (Phi) is 6.29. The molecule has 0 aromatic heterocycles. The molecule has 0 heterocycles. The van der Waals surface area contributed by atoms with Crippen molar-refractivity contribution in [2.24, 2.45) is 0 Å². The van der Waals surface area contributed by atoms with Gasteiger partial charge in [0.25, 0.3) is 0 Å². The van der Waals surface area contributed by atoms with Gasteiger partial charge in [0.15, 0.2) is 5.60 Å². The van der Waals surface area contributed by atoms with E-state index in [-0.39, 0.29) is 16.9 Å². The number of ether oxygens (including phenoxy) is 3. The van der Waals surface area contributed by atoms with Gasteiger partial charge in [-0.1, -0.05) is 34.0 Å². The van der Waals surface area contributed by atoms with Crippen LogP contribution in [0.2, 0.25) is 0 Å². The van der Waals surface area contributed by atoms with E-state index in [0.717, 1.165) is 10.0 Å². The van der Waals surface area contributed by atoms with Crippen molar-refractivity contribution >= 4 is 27.9 Å². The molecule has 2 rings (SSSR count). The van der Waals surface area contributed by atoms with Gasteiger partial charge < -0.3 is 14.2 Å². The normalized spacial score (nSPS) is 10.7. The monoisotopic (exact) mass is 430 g/mol. The number of carbonyl (C=O) groups is 2. The highest BCUT2D eigenvalue weighted by molar-refractivity contribution is 9.10. The summed E-state index contributed by atoms with van der Waals surface area (Å²) in [5.74, 6) is 1.23. The Morgan fingerprint density at radius 2 is 1.52 bits per heavy atom. The summed E-state index contributed by atoms with van der Waals surface area (Å²) in [6.07, 6.45) is 5.48. The van der Waals surface area contributed by atoms with Gasteiger partial charge >= 0.3 is 11.9 Å². The summed E-state index contributed by atoms with van der Waals surface area (Å²) in [5.41, 5.74) is 0.271. The molecule has 0 spiro atoms. The van der Waals surface area contributed by atoms with E-state index < -0.39 is 17.5 Å². The zero-order valence-electron chi connectivity index (χ0n) is 15.5. The standard InChI is InChI=1S/C21H19BrO5/c1-6-21(2,3)27-16-12-11-15(13-7-9-14(22)10-8-13)17(19(23)25-4)18(16)20(24)26-5/h1,7-12H,2-5H3. The lowest BCUT2D eigenvalue weighted by Crippen LogP contribution is -2.27. The summed E-state index contributed by atoms with van der Waals surface area (Å²) < 4.78 is 16.5. The van der Waals surface area contributed by atoms with Crippen LogP contribution in [0.5, 0.6) is 5.75 Å². The number of terminal acetylenes is 1. The van der Waals surface area contributed by atoms with Crippen LogP contribution >= 0.6 is 15.9 Å². The molecule has 0 amide bonds. The number of halogens is 1. The van der Waals surface area contributed by atoms with Gasteiger partial charge in [0, 0.05) is 4.47 Å². The second kappa shape index (κ2) is 8.28. The zero-order valence-corrected chi connectivity index (χ0v) is 17.0. The molecule has 6 heteroatoms. The molecule has 27 heavy (non-hydrogen) atoms. The third-order valence-corrected chi connectivity index (χ3v) is 4.34. The first-order valence-electron chi connectivity index (χ1n) is 8.00. The molecule has 140 valence electrons. The highest BCUT2D eigenvalue weighted by Gasteiger charge is 2.30. The molecule has 0 aliphatic heterocycles. The number of methoxy groups -OCH3 is 2. The third-order valence-electron chi connectivity index (χ3n) is 3.81. The van der Waals surface area contributed by atoms with Gasteiger partial charge in [0.05, 0.1) is 19.8 Å². The average Bonchev–Trinajstić information content (AvgIpc) is 2.66. The molecular weight excluding hydrogens is 412 g/mol. The van der Waals surface area contributed by atoms with E-state index in [1.54, 1.807) is 26.0 Å². The Morgan fingerprint density at radius 1 is 0.963 bits per heavy atom. The number of benzene rings is 2. The summed E-state index contributed by atoms with van der Waals surface area (Å²) >= 11 is 3.38. The fraction of sp³-hybridized carbons (Fsp3) is 0.238. The van der Waals surface area contributed by atoms with E-state index in [2.05, 4.69) is 21.9 Å². The van der Waals surface area contributed by atoms with E-state index in [4.69, 9.17) is 20.6 Å². The lowest BCUT2D eigenvalue weighted by atomic mass is 9.94. The van der Waals surface area contributed by atoms with Crippen molar-refractivity contribution in [3.8, 4) is 29.2 Å². The SMILES string of the molecule is C#CC(C)(C)Oc1ccc(-c2ccc(Br)cc2)c(C(=O)OC)c1C(=O)OC. The van der Waals surface area contributed by atoms with E-state index in [1.807, 2.05) is 24.3 Å². The molecular formula is C21H19BrO5. The molecule has 0 aliphatic rings. The topological polar surface area (TPSA) is 61.8 Å². The first-order chi connectivity index (χ1) is 12.7. The van der Waals surface area contributed by atoms with E-state index in [0.29, 0.717) is 5.56 Å². The van der Waals surface area contributed by atoms with E-state index in [9.17, 15) is 9.59 Å². The number of hydrogen-bond acceptors (Lipinski definition) is 5. The third kappa shape index (κ3) is 4.50. The highest BCUT2D eigenvalue weighted by atomic mass is 79.9. The predicted octanol–water partition coefficient (Wildman–Crippen LogP) is 4.48. The second-order valence-corrected chi connectivity index (χ2v) is 7.02. The van der Waals surface area contributed by atoms with E-state index >= 15 is 0 Å². The minimum Gasteiger partial charge on any atom is -0.474 e. The summed E-state index contributed by atoms with van der Waals surface area (Å²) in [6, 6.07) is 10.6. The van der Waals surface area contributed by atoms with Gasteiger partial charge in [0.1, 0.15) is 11.3 Å². The minimum absolute atomic E-state index is 0.0342. The maximum Gasteiger partial charge on any atom is 0.342 e. The van der Waals surface area contributed by atoms with Gasteiger partial charge in [-0.2, -0.15) is 0 Å². The Morgan fingerprint density at radius 3 is 2.04 bits per heavy atom. The molecule has 0 bridgehead atoms. The quantitative estimate of drug-likeness (QED) is 0.516. The molecule has 0 fully saturated rings. The van der Waals surface area contributed by atoms with Crippen LogP contribution in [0.3, 0.4) is 0 Å². The van der Waals surface area contributed by atoms with Crippen LogP contribution < -0.4 is 4.74 Å². The Hall–Kier alpha value is -2.78. The molecule has 2 aromatic carbocycles.